The number of carboxylic acids is 1. The van der Waals surface area contributed by atoms with E-state index >= 15 is 0 Å². The number of amides is 1. The Kier molecular flexibility index (Phi) is 3.62. The molecule has 0 spiro atoms. The zero-order chi connectivity index (χ0) is 13.1. The molecule has 0 saturated carbocycles. The van der Waals surface area contributed by atoms with Gasteiger partial charge in [0.05, 0.1) is 0 Å². The van der Waals surface area contributed by atoms with E-state index in [4.69, 9.17) is 10.8 Å². The Balaban J connectivity index is 2.17. The number of nitrogens with zero attached hydrogens (tertiary/aromatic N) is 1. The van der Waals surface area contributed by atoms with Gasteiger partial charge >= 0.3 is 11.9 Å². The lowest BCUT2D eigenvalue weighted by Gasteiger charge is -2.16. The van der Waals surface area contributed by atoms with E-state index in [0.717, 1.165) is 5.56 Å². The molecule has 0 aliphatic carbocycles. The van der Waals surface area contributed by atoms with Crippen molar-refractivity contribution in [1.29, 1.82) is 0 Å². The fourth-order valence-corrected chi connectivity index (χ4v) is 2.49. The van der Waals surface area contributed by atoms with Gasteiger partial charge in [0.1, 0.15) is 0 Å². The fraction of sp³-hybridized carbons (Fsp3) is 0.385. The topological polar surface area (TPSA) is 83.6 Å². The molecule has 2 atom stereocenters. The Morgan fingerprint density at radius 2 is 1.94 bits per heavy atom. The van der Waals surface area contributed by atoms with Crippen LogP contribution in [0.2, 0.25) is 0 Å². The normalized spacial score (nSPS) is 23.1. The summed E-state index contributed by atoms with van der Waals surface area (Å²) in [7, 11) is 0. The maximum absolute atomic E-state index is 11.5. The second-order valence-electron chi connectivity index (χ2n) is 4.53. The summed E-state index contributed by atoms with van der Waals surface area (Å²) in [6, 6.07) is 9.77. The maximum atomic E-state index is 11.5. The molecule has 1 aromatic rings. The number of aliphatic carboxylic acids is 1. The number of carbonyl (C=O) groups excluding carboxylic acids is 1. The second kappa shape index (κ2) is 5.18. The van der Waals surface area contributed by atoms with Crippen molar-refractivity contribution >= 4 is 11.9 Å². The number of nitrogens with two attached hydrogens (primary N) is 1. The van der Waals surface area contributed by atoms with Crippen LogP contribution in [0.1, 0.15) is 11.5 Å². The maximum Gasteiger partial charge on any atom is 0.394 e. The average Bonchev–Trinajstić information content (AvgIpc) is 2.82. The molecule has 5 heteroatoms. The van der Waals surface area contributed by atoms with Crippen LogP contribution in [-0.2, 0) is 9.59 Å². The van der Waals surface area contributed by atoms with Crippen molar-refractivity contribution in [2.75, 3.05) is 19.6 Å². The van der Waals surface area contributed by atoms with Crippen LogP contribution in [0.3, 0.4) is 0 Å². The van der Waals surface area contributed by atoms with E-state index in [1.165, 1.54) is 4.90 Å². The molecule has 0 radical (unpaired) electrons. The first kappa shape index (κ1) is 12.6. The molecule has 1 aliphatic rings. The van der Waals surface area contributed by atoms with Crippen LogP contribution in [0.15, 0.2) is 30.3 Å². The highest BCUT2D eigenvalue weighted by molar-refractivity contribution is 6.31. The fourth-order valence-electron chi connectivity index (χ4n) is 2.49. The molecule has 5 nitrogen and oxygen atoms in total. The monoisotopic (exact) mass is 248 g/mol. The number of hydrogen-bond donors (Lipinski definition) is 2. The van der Waals surface area contributed by atoms with Gasteiger partial charge in [-0.25, -0.2) is 4.79 Å². The first-order chi connectivity index (χ1) is 8.63. The predicted octanol–water partition coefficient (Wildman–Crippen LogP) is 0.272. The number of carboxylic acid groups (broad SMARTS) is 1. The third kappa shape index (κ3) is 2.36. The molecule has 96 valence electrons. The lowest BCUT2D eigenvalue weighted by atomic mass is 9.89. The molecule has 18 heavy (non-hydrogen) atoms. The highest BCUT2D eigenvalue weighted by atomic mass is 16.4. The number of benzene rings is 1. The zero-order valence-electron chi connectivity index (χ0n) is 9.95. The molecule has 1 saturated heterocycles. The Hall–Kier alpha value is -1.88. The van der Waals surface area contributed by atoms with Gasteiger partial charge in [-0.15, -0.1) is 0 Å². The zero-order valence-corrected chi connectivity index (χ0v) is 9.95. The van der Waals surface area contributed by atoms with E-state index in [-0.39, 0.29) is 11.8 Å². The number of carbonyl (C=O) groups is 2. The largest absolute Gasteiger partial charge is 0.474 e. The van der Waals surface area contributed by atoms with Gasteiger partial charge in [0, 0.05) is 19.0 Å². The van der Waals surface area contributed by atoms with Crippen LogP contribution >= 0.6 is 0 Å². The highest BCUT2D eigenvalue weighted by Crippen LogP contribution is 2.31. The van der Waals surface area contributed by atoms with Crippen molar-refractivity contribution in [2.24, 2.45) is 11.7 Å². The van der Waals surface area contributed by atoms with Crippen LogP contribution in [0.4, 0.5) is 0 Å². The van der Waals surface area contributed by atoms with Gasteiger partial charge in [0.15, 0.2) is 0 Å². The van der Waals surface area contributed by atoms with Gasteiger partial charge in [-0.05, 0) is 18.0 Å². The summed E-state index contributed by atoms with van der Waals surface area (Å²) in [5.41, 5.74) is 6.82. The van der Waals surface area contributed by atoms with E-state index < -0.39 is 11.9 Å². The van der Waals surface area contributed by atoms with Gasteiger partial charge in [-0.2, -0.15) is 0 Å². The summed E-state index contributed by atoms with van der Waals surface area (Å²) in [5.74, 6) is -2.00. The van der Waals surface area contributed by atoms with Gasteiger partial charge in [0.2, 0.25) is 0 Å². The van der Waals surface area contributed by atoms with Crippen LogP contribution in [0.25, 0.3) is 0 Å². The summed E-state index contributed by atoms with van der Waals surface area (Å²) in [5, 5.41) is 8.74. The number of likely N-dealkylation sites (tertiary alicyclic amines) is 1. The molecule has 2 rings (SSSR count). The molecular weight excluding hydrogens is 232 g/mol. The lowest BCUT2D eigenvalue weighted by molar-refractivity contribution is -0.155. The minimum atomic E-state index is -1.40. The van der Waals surface area contributed by atoms with E-state index in [1.807, 2.05) is 30.3 Å². The Morgan fingerprint density at radius 1 is 1.28 bits per heavy atom. The van der Waals surface area contributed by atoms with Crippen LogP contribution in [-0.4, -0.2) is 41.5 Å². The number of hydrogen-bond acceptors (Lipinski definition) is 3. The summed E-state index contributed by atoms with van der Waals surface area (Å²) in [6.07, 6.45) is 0. The van der Waals surface area contributed by atoms with Crippen molar-refractivity contribution in [1.82, 2.24) is 4.90 Å². The molecule has 3 N–H and O–H groups in total. The molecule has 1 aliphatic heterocycles. The third-order valence-corrected chi connectivity index (χ3v) is 3.44. The quantitative estimate of drug-likeness (QED) is 0.736. The lowest BCUT2D eigenvalue weighted by Crippen LogP contribution is -2.35. The van der Waals surface area contributed by atoms with Crippen molar-refractivity contribution in [3.05, 3.63) is 35.9 Å². The summed E-state index contributed by atoms with van der Waals surface area (Å²) >= 11 is 0. The van der Waals surface area contributed by atoms with Crippen LogP contribution in [0.5, 0.6) is 0 Å². The highest BCUT2D eigenvalue weighted by Gasteiger charge is 2.37. The first-order valence-corrected chi connectivity index (χ1v) is 5.90. The standard InChI is InChI=1S/C13H16N2O3/c14-6-10-7-15(12(16)13(17)18)8-11(10)9-4-2-1-3-5-9/h1-5,10-11H,6-8,14H2,(H,17,18)/t10-,11+/m1/s1. The smallest absolute Gasteiger partial charge is 0.394 e. The molecule has 0 aromatic heterocycles. The molecule has 1 heterocycles. The molecule has 1 amide bonds. The first-order valence-electron chi connectivity index (χ1n) is 5.90. The predicted molar refractivity (Wildman–Crippen MR) is 65.9 cm³/mol. The van der Waals surface area contributed by atoms with Crippen LogP contribution in [0, 0.1) is 5.92 Å². The van der Waals surface area contributed by atoms with Crippen molar-refractivity contribution in [3.8, 4) is 0 Å². The third-order valence-electron chi connectivity index (χ3n) is 3.44. The summed E-state index contributed by atoms with van der Waals surface area (Å²) < 4.78 is 0. The van der Waals surface area contributed by atoms with E-state index in [2.05, 4.69) is 0 Å². The van der Waals surface area contributed by atoms with Crippen molar-refractivity contribution in [3.63, 3.8) is 0 Å². The van der Waals surface area contributed by atoms with Gasteiger partial charge in [0.25, 0.3) is 0 Å². The molecule has 1 fully saturated rings. The SMILES string of the molecule is NC[C@@H]1CN(C(=O)C(=O)O)C[C@H]1c1ccccc1. The minimum absolute atomic E-state index is 0.121. The second-order valence-corrected chi connectivity index (χ2v) is 4.53. The Morgan fingerprint density at radius 3 is 2.50 bits per heavy atom. The van der Waals surface area contributed by atoms with Crippen molar-refractivity contribution < 1.29 is 14.7 Å². The van der Waals surface area contributed by atoms with Gasteiger partial charge in [-0.1, -0.05) is 30.3 Å². The van der Waals surface area contributed by atoms with Gasteiger partial charge in [-0.3, -0.25) is 4.79 Å². The van der Waals surface area contributed by atoms with E-state index in [9.17, 15) is 9.59 Å². The number of rotatable bonds is 2. The average molecular weight is 248 g/mol. The molecule has 0 bridgehead atoms. The summed E-state index contributed by atoms with van der Waals surface area (Å²) in [6.45, 7) is 1.29. The molecule has 0 unspecified atom stereocenters. The minimum Gasteiger partial charge on any atom is -0.474 e. The van der Waals surface area contributed by atoms with Gasteiger partial charge < -0.3 is 15.7 Å². The Bertz CT molecular complexity index is 447. The Labute approximate surface area is 105 Å². The van der Waals surface area contributed by atoms with Crippen molar-refractivity contribution in [2.45, 2.75) is 5.92 Å². The van der Waals surface area contributed by atoms with E-state index in [1.54, 1.807) is 0 Å². The van der Waals surface area contributed by atoms with Crippen LogP contribution < -0.4 is 5.73 Å². The summed E-state index contributed by atoms with van der Waals surface area (Å²) in [4.78, 5) is 23.5. The van der Waals surface area contributed by atoms with E-state index in [0.29, 0.717) is 19.6 Å². The molecule has 1 aromatic carbocycles. The molecular formula is C13H16N2O3.